The van der Waals surface area contributed by atoms with Gasteiger partial charge >= 0.3 is 0 Å². The summed E-state index contributed by atoms with van der Waals surface area (Å²) in [5, 5.41) is 3.30. The number of carbonyl (C=O) groups excluding carboxylic acids is 1. The van der Waals surface area contributed by atoms with Gasteiger partial charge in [-0.05, 0) is 50.9 Å². The van der Waals surface area contributed by atoms with E-state index < -0.39 is 0 Å². The molecule has 0 heterocycles. The molecule has 0 aromatic carbocycles. The van der Waals surface area contributed by atoms with Crippen LogP contribution in [0.4, 0.5) is 0 Å². The summed E-state index contributed by atoms with van der Waals surface area (Å²) in [6, 6.07) is 0.230. The van der Waals surface area contributed by atoms with E-state index in [0.717, 1.165) is 38.0 Å². The molecule has 1 amide bonds. The molecule has 0 spiro atoms. The molecular weight excluding hydrogens is 222 g/mol. The maximum atomic E-state index is 12.0. The average molecular weight is 244 g/mol. The molecule has 2 rings (SSSR count). The molecular formula is C13H22ClNO. The fourth-order valence-corrected chi connectivity index (χ4v) is 3.24. The molecule has 0 aromatic rings. The van der Waals surface area contributed by atoms with Gasteiger partial charge in [-0.3, -0.25) is 4.79 Å². The fourth-order valence-electron chi connectivity index (χ4n) is 2.90. The first-order chi connectivity index (χ1) is 7.66. The molecule has 3 heteroatoms. The second kappa shape index (κ2) is 5.39. The van der Waals surface area contributed by atoms with E-state index in [1.54, 1.807) is 0 Å². The third kappa shape index (κ3) is 2.91. The highest BCUT2D eigenvalue weighted by molar-refractivity contribution is 6.21. The van der Waals surface area contributed by atoms with Gasteiger partial charge in [0.15, 0.2) is 0 Å². The van der Waals surface area contributed by atoms with Gasteiger partial charge in [0.05, 0.1) is 5.38 Å². The lowest BCUT2D eigenvalue weighted by atomic mass is 9.82. The Morgan fingerprint density at radius 1 is 1.12 bits per heavy atom. The Bertz CT molecular complexity index is 248. The Morgan fingerprint density at radius 2 is 1.81 bits per heavy atom. The first kappa shape index (κ1) is 12.2. The van der Waals surface area contributed by atoms with Crippen molar-refractivity contribution in [1.29, 1.82) is 0 Å². The summed E-state index contributed by atoms with van der Waals surface area (Å²) in [5.74, 6) is 1.31. The summed E-state index contributed by atoms with van der Waals surface area (Å²) >= 11 is 6.17. The van der Waals surface area contributed by atoms with Crippen LogP contribution in [0.5, 0.6) is 0 Å². The number of rotatable bonds is 2. The SMILES string of the molecule is CC1CCC(C(=O)NC2CCCC2Cl)CC1. The van der Waals surface area contributed by atoms with Crippen LogP contribution < -0.4 is 5.32 Å². The van der Waals surface area contributed by atoms with Crippen molar-refractivity contribution < 1.29 is 4.79 Å². The molecule has 1 N–H and O–H groups in total. The Hall–Kier alpha value is -0.240. The molecule has 0 aromatic heterocycles. The number of carbonyl (C=O) groups is 1. The van der Waals surface area contributed by atoms with Crippen molar-refractivity contribution in [3.63, 3.8) is 0 Å². The monoisotopic (exact) mass is 243 g/mol. The van der Waals surface area contributed by atoms with Crippen LogP contribution in [-0.2, 0) is 4.79 Å². The van der Waals surface area contributed by atoms with Crippen LogP contribution in [0.2, 0.25) is 0 Å². The molecule has 0 radical (unpaired) electrons. The zero-order valence-electron chi connectivity index (χ0n) is 10.0. The fraction of sp³-hybridized carbons (Fsp3) is 0.923. The van der Waals surface area contributed by atoms with Crippen LogP contribution in [-0.4, -0.2) is 17.3 Å². The minimum Gasteiger partial charge on any atom is -0.352 e. The lowest BCUT2D eigenvalue weighted by Crippen LogP contribution is -2.42. The second-order valence-electron chi connectivity index (χ2n) is 5.52. The van der Waals surface area contributed by atoms with E-state index in [0.29, 0.717) is 0 Å². The van der Waals surface area contributed by atoms with Crippen molar-refractivity contribution in [3.05, 3.63) is 0 Å². The van der Waals surface area contributed by atoms with Gasteiger partial charge in [-0.15, -0.1) is 11.6 Å². The van der Waals surface area contributed by atoms with Crippen molar-refractivity contribution in [2.75, 3.05) is 0 Å². The number of hydrogen-bond donors (Lipinski definition) is 1. The van der Waals surface area contributed by atoms with Gasteiger partial charge in [-0.25, -0.2) is 0 Å². The molecule has 2 unspecified atom stereocenters. The number of alkyl halides is 1. The summed E-state index contributed by atoms with van der Waals surface area (Å²) in [7, 11) is 0. The van der Waals surface area contributed by atoms with E-state index in [-0.39, 0.29) is 23.2 Å². The van der Waals surface area contributed by atoms with Crippen molar-refractivity contribution in [2.24, 2.45) is 11.8 Å². The van der Waals surface area contributed by atoms with Crippen LogP contribution in [0.1, 0.15) is 51.9 Å². The third-order valence-corrected chi connectivity index (χ3v) is 4.67. The highest BCUT2D eigenvalue weighted by Gasteiger charge is 2.30. The van der Waals surface area contributed by atoms with Crippen LogP contribution in [0.3, 0.4) is 0 Å². The predicted octanol–water partition coefficient (Wildman–Crippen LogP) is 3.09. The first-order valence-electron chi connectivity index (χ1n) is 6.61. The lowest BCUT2D eigenvalue weighted by Gasteiger charge is -2.27. The van der Waals surface area contributed by atoms with Gasteiger partial charge in [-0.1, -0.05) is 6.92 Å². The van der Waals surface area contributed by atoms with Crippen molar-refractivity contribution >= 4 is 17.5 Å². The van der Waals surface area contributed by atoms with E-state index in [1.165, 1.54) is 12.8 Å². The maximum Gasteiger partial charge on any atom is 0.223 e. The van der Waals surface area contributed by atoms with Gasteiger partial charge in [0.2, 0.25) is 5.91 Å². The number of hydrogen-bond acceptors (Lipinski definition) is 1. The first-order valence-corrected chi connectivity index (χ1v) is 7.05. The molecule has 2 aliphatic rings. The zero-order valence-corrected chi connectivity index (χ0v) is 10.8. The van der Waals surface area contributed by atoms with Crippen LogP contribution in [0.15, 0.2) is 0 Å². The quantitative estimate of drug-likeness (QED) is 0.742. The lowest BCUT2D eigenvalue weighted by molar-refractivity contribution is -0.126. The average Bonchev–Trinajstić information content (AvgIpc) is 2.65. The van der Waals surface area contributed by atoms with Gasteiger partial charge in [-0.2, -0.15) is 0 Å². The minimum absolute atomic E-state index is 0.159. The Kier molecular flexibility index (Phi) is 4.12. The standard InChI is InChI=1S/C13H22ClNO/c1-9-5-7-10(8-6-9)13(16)15-12-4-2-3-11(12)14/h9-12H,2-8H2,1H3,(H,15,16). The van der Waals surface area contributed by atoms with Crippen molar-refractivity contribution in [1.82, 2.24) is 5.32 Å². The second-order valence-corrected chi connectivity index (χ2v) is 6.08. The summed E-state index contributed by atoms with van der Waals surface area (Å²) in [4.78, 5) is 12.0. The van der Waals surface area contributed by atoms with E-state index in [4.69, 9.17) is 11.6 Å². The molecule has 2 fully saturated rings. The van der Waals surface area contributed by atoms with Crippen LogP contribution >= 0.6 is 11.6 Å². The largest absolute Gasteiger partial charge is 0.352 e. The van der Waals surface area contributed by atoms with Crippen molar-refractivity contribution in [3.8, 4) is 0 Å². The summed E-state index contributed by atoms with van der Waals surface area (Å²) < 4.78 is 0. The smallest absolute Gasteiger partial charge is 0.223 e. The molecule has 0 bridgehead atoms. The Morgan fingerprint density at radius 3 is 2.38 bits per heavy atom. The third-order valence-electron chi connectivity index (χ3n) is 4.15. The van der Waals surface area contributed by atoms with E-state index >= 15 is 0 Å². The molecule has 16 heavy (non-hydrogen) atoms. The molecule has 2 atom stereocenters. The summed E-state index contributed by atoms with van der Waals surface area (Å²) in [6.45, 7) is 2.28. The van der Waals surface area contributed by atoms with Gasteiger partial charge < -0.3 is 5.32 Å². The predicted molar refractivity (Wildman–Crippen MR) is 66.5 cm³/mol. The molecule has 92 valence electrons. The maximum absolute atomic E-state index is 12.0. The Balaban J connectivity index is 1.79. The molecule has 2 saturated carbocycles. The summed E-state index contributed by atoms with van der Waals surface area (Å²) in [6.07, 6.45) is 7.79. The highest BCUT2D eigenvalue weighted by atomic mass is 35.5. The van der Waals surface area contributed by atoms with E-state index in [1.807, 2.05) is 0 Å². The molecule has 0 saturated heterocycles. The van der Waals surface area contributed by atoms with E-state index in [2.05, 4.69) is 12.2 Å². The normalized spacial score (nSPS) is 39.6. The number of halogens is 1. The minimum atomic E-state index is 0.159. The van der Waals surface area contributed by atoms with E-state index in [9.17, 15) is 4.79 Å². The topological polar surface area (TPSA) is 29.1 Å². The van der Waals surface area contributed by atoms with Gasteiger partial charge in [0.25, 0.3) is 0 Å². The molecule has 2 nitrogen and oxygen atoms in total. The van der Waals surface area contributed by atoms with Crippen molar-refractivity contribution in [2.45, 2.75) is 63.3 Å². The van der Waals surface area contributed by atoms with Gasteiger partial charge in [0.1, 0.15) is 0 Å². The zero-order chi connectivity index (χ0) is 11.5. The van der Waals surface area contributed by atoms with Crippen LogP contribution in [0, 0.1) is 11.8 Å². The Labute approximate surface area is 103 Å². The van der Waals surface area contributed by atoms with Crippen LogP contribution in [0.25, 0.3) is 0 Å². The number of nitrogens with one attached hydrogen (secondary N) is 1. The molecule has 0 aliphatic heterocycles. The summed E-state index contributed by atoms with van der Waals surface area (Å²) in [5.41, 5.74) is 0. The highest BCUT2D eigenvalue weighted by Crippen LogP contribution is 2.29. The van der Waals surface area contributed by atoms with Gasteiger partial charge in [0, 0.05) is 12.0 Å². The molecule has 2 aliphatic carbocycles. The number of amides is 1.